The van der Waals surface area contributed by atoms with Gasteiger partial charge in [-0.1, -0.05) is 37.3 Å². The molecule has 1 aliphatic rings. The zero-order valence-corrected chi connectivity index (χ0v) is 13.3. The van der Waals surface area contributed by atoms with Crippen molar-refractivity contribution in [3.05, 3.63) is 35.9 Å². The van der Waals surface area contributed by atoms with E-state index in [1.54, 1.807) is 0 Å². The Kier molecular flexibility index (Phi) is 6.24. The first-order valence-electron chi connectivity index (χ1n) is 8.15. The van der Waals surface area contributed by atoms with Crippen molar-refractivity contribution in [2.45, 2.75) is 32.6 Å². The van der Waals surface area contributed by atoms with Gasteiger partial charge >= 0.3 is 0 Å². The van der Waals surface area contributed by atoms with Crippen LogP contribution in [0.1, 0.15) is 31.7 Å². The van der Waals surface area contributed by atoms with E-state index in [0.29, 0.717) is 18.3 Å². The quantitative estimate of drug-likeness (QED) is 0.873. The van der Waals surface area contributed by atoms with Gasteiger partial charge in [-0.25, -0.2) is 0 Å². The molecule has 3 nitrogen and oxygen atoms in total. The summed E-state index contributed by atoms with van der Waals surface area (Å²) in [4.78, 5) is 14.2. The minimum Gasteiger partial charge on any atom is -0.345 e. The molecule has 1 fully saturated rings. The third-order valence-corrected chi connectivity index (χ3v) is 4.69. The van der Waals surface area contributed by atoms with Gasteiger partial charge in [0.2, 0.25) is 5.91 Å². The molecule has 21 heavy (non-hydrogen) atoms. The zero-order valence-electron chi connectivity index (χ0n) is 13.3. The fraction of sp³-hybridized carbons (Fsp3) is 0.611. The highest BCUT2D eigenvalue weighted by atomic mass is 16.2. The van der Waals surface area contributed by atoms with Gasteiger partial charge in [0.05, 0.1) is 0 Å². The molecule has 1 unspecified atom stereocenters. The molecule has 1 atom stereocenters. The molecule has 0 saturated carbocycles. The average molecular weight is 288 g/mol. The summed E-state index contributed by atoms with van der Waals surface area (Å²) in [6.45, 7) is 5.25. The van der Waals surface area contributed by atoms with Crippen LogP contribution >= 0.6 is 0 Å². The number of nitrogens with zero attached hydrogens (tertiary/aromatic N) is 1. The van der Waals surface area contributed by atoms with Gasteiger partial charge in [0.1, 0.15) is 0 Å². The van der Waals surface area contributed by atoms with E-state index in [2.05, 4.69) is 36.5 Å². The van der Waals surface area contributed by atoms with Crippen LogP contribution < -0.4 is 5.32 Å². The van der Waals surface area contributed by atoms with Crippen LogP contribution in [0.5, 0.6) is 0 Å². The molecule has 0 bridgehead atoms. The molecule has 1 amide bonds. The second-order valence-corrected chi connectivity index (χ2v) is 6.32. The van der Waals surface area contributed by atoms with E-state index in [1.807, 2.05) is 18.0 Å². The van der Waals surface area contributed by atoms with Gasteiger partial charge in [0.15, 0.2) is 0 Å². The van der Waals surface area contributed by atoms with E-state index < -0.39 is 0 Å². The maximum absolute atomic E-state index is 12.3. The molecular weight excluding hydrogens is 260 g/mol. The van der Waals surface area contributed by atoms with Crippen LogP contribution in [-0.2, 0) is 11.2 Å². The van der Waals surface area contributed by atoms with E-state index in [0.717, 1.165) is 26.1 Å². The van der Waals surface area contributed by atoms with Crippen molar-refractivity contribution in [1.82, 2.24) is 10.2 Å². The number of rotatable bonds is 6. The van der Waals surface area contributed by atoms with E-state index in [4.69, 9.17) is 0 Å². The summed E-state index contributed by atoms with van der Waals surface area (Å²) >= 11 is 0. The highest BCUT2D eigenvalue weighted by molar-refractivity contribution is 5.76. The Labute approximate surface area is 128 Å². The number of benzene rings is 1. The summed E-state index contributed by atoms with van der Waals surface area (Å²) in [5, 5.41) is 3.39. The van der Waals surface area contributed by atoms with Crippen LogP contribution in [0.2, 0.25) is 0 Å². The highest BCUT2D eigenvalue weighted by Crippen LogP contribution is 2.24. The summed E-state index contributed by atoms with van der Waals surface area (Å²) in [6.07, 6.45) is 4.05. The standard InChI is InChI=1S/C18H28N2O/c1-15(17-8-11-19-12-9-17)14-18(21)20(2)13-10-16-6-4-3-5-7-16/h3-7,15,17,19H,8-14H2,1-2H3. The normalized spacial score (nSPS) is 17.4. The van der Waals surface area contributed by atoms with E-state index in [9.17, 15) is 4.79 Å². The van der Waals surface area contributed by atoms with Crippen molar-refractivity contribution in [1.29, 1.82) is 0 Å². The van der Waals surface area contributed by atoms with E-state index >= 15 is 0 Å². The number of piperidine rings is 1. The number of amides is 1. The minimum atomic E-state index is 0.289. The monoisotopic (exact) mass is 288 g/mol. The fourth-order valence-electron chi connectivity index (χ4n) is 3.08. The van der Waals surface area contributed by atoms with Crippen molar-refractivity contribution in [2.75, 3.05) is 26.7 Å². The van der Waals surface area contributed by atoms with Gasteiger partial charge in [0.25, 0.3) is 0 Å². The summed E-state index contributed by atoms with van der Waals surface area (Å²) < 4.78 is 0. The van der Waals surface area contributed by atoms with Gasteiger partial charge in [-0.15, -0.1) is 0 Å². The Bertz CT molecular complexity index is 426. The van der Waals surface area contributed by atoms with Crippen molar-refractivity contribution in [3.63, 3.8) is 0 Å². The molecule has 1 aliphatic heterocycles. The number of carbonyl (C=O) groups is 1. The van der Waals surface area contributed by atoms with Crippen LogP contribution in [0.15, 0.2) is 30.3 Å². The molecule has 116 valence electrons. The summed E-state index contributed by atoms with van der Waals surface area (Å²) in [6, 6.07) is 10.4. The third-order valence-electron chi connectivity index (χ3n) is 4.69. The molecule has 1 aromatic rings. The van der Waals surface area contributed by atoms with Crippen molar-refractivity contribution in [3.8, 4) is 0 Å². The molecule has 1 heterocycles. The summed E-state index contributed by atoms with van der Waals surface area (Å²) in [7, 11) is 1.93. The smallest absolute Gasteiger partial charge is 0.222 e. The molecule has 1 saturated heterocycles. The molecule has 2 rings (SSSR count). The number of carbonyl (C=O) groups excluding carboxylic acids is 1. The van der Waals surface area contributed by atoms with Crippen LogP contribution in [0.3, 0.4) is 0 Å². The first-order valence-corrected chi connectivity index (χ1v) is 8.15. The van der Waals surface area contributed by atoms with Gasteiger partial charge in [0, 0.05) is 20.0 Å². The van der Waals surface area contributed by atoms with Gasteiger partial charge in [-0.05, 0) is 49.8 Å². The lowest BCUT2D eigenvalue weighted by atomic mass is 9.84. The first kappa shape index (κ1) is 16.0. The van der Waals surface area contributed by atoms with Gasteiger partial charge in [-0.2, -0.15) is 0 Å². The lowest BCUT2D eigenvalue weighted by Gasteiger charge is -2.29. The maximum Gasteiger partial charge on any atom is 0.222 e. The lowest BCUT2D eigenvalue weighted by Crippen LogP contribution is -2.34. The molecule has 1 aromatic carbocycles. The Morgan fingerprint density at radius 1 is 1.29 bits per heavy atom. The second kappa shape index (κ2) is 8.18. The Morgan fingerprint density at radius 3 is 2.62 bits per heavy atom. The predicted octanol–water partition coefficient (Wildman–Crippen LogP) is 2.71. The van der Waals surface area contributed by atoms with Crippen LogP contribution in [0.25, 0.3) is 0 Å². The minimum absolute atomic E-state index is 0.289. The average Bonchev–Trinajstić information content (AvgIpc) is 2.54. The number of hydrogen-bond acceptors (Lipinski definition) is 2. The van der Waals surface area contributed by atoms with E-state index in [-0.39, 0.29) is 5.91 Å². The van der Waals surface area contributed by atoms with Crippen molar-refractivity contribution >= 4 is 5.91 Å². The van der Waals surface area contributed by atoms with E-state index in [1.165, 1.54) is 18.4 Å². The molecule has 0 aliphatic carbocycles. The van der Waals surface area contributed by atoms with Crippen LogP contribution in [-0.4, -0.2) is 37.5 Å². The van der Waals surface area contributed by atoms with Crippen LogP contribution in [0, 0.1) is 11.8 Å². The van der Waals surface area contributed by atoms with Gasteiger partial charge in [-0.3, -0.25) is 4.79 Å². The Hall–Kier alpha value is -1.35. The third kappa shape index (κ3) is 5.16. The lowest BCUT2D eigenvalue weighted by molar-refractivity contribution is -0.131. The summed E-state index contributed by atoms with van der Waals surface area (Å²) in [5.41, 5.74) is 1.29. The topological polar surface area (TPSA) is 32.3 Å². The Morgan fingerprint density at radius 2 is 1.95 bits per heavy atom. The molecular formula is C18H28N2O. The molecule has 0 aromatic heterocycles. The SMILES string of the molecule is CC(CC(=O)N(C)CCc1ccccc1)C1CCNCC1. The van der Waals surface area contributed by atoms with Crippen molar-refractivity contribution < 1.29 is 4.79 Å². The maximum atomic E-state index is 12.3. The highest BCUT2D eigenvalue weighted by Gasteiger charge is 2.23. The second-order valence-electron chi connectivity index (χ2n) is 6.32. The number of likely N-dealkylation sites (N-methyl/N-ethyl adjacent to an activating group) is 1. The van der Waals surface area contributed by atoms with Crippen LogP contribution in [0.4, 0.5) is 0 Å². The largest absolute Gasteiger partial charge is 0.345 e. The molecule has 3 heteroatoms. The summed E-state index contributed by atoms with van der Waals surface area (Å²) in [5.74, 6) is 1.49. The molecule has 0 radical (unpaired) electrons. The van der Waals surface area contributed by atoms with Gasteiger partial charge < -0.3 is 10.2 Å². The fourth-order valence-corrected chi connectivity index (χ4v) is 3.08. The molecule has 1 N–H and O–H groups in total. The number of nitrogens with one attached hydrogen (secondary N) is 1. The number of hydrogen-bond donors (Lipinski definition) is 1. The molecule has 0 spiro atoms. The predicted molar refractivity (Wildman–Crippen MR) is 87.2 cm³/mol. The zero-order chi connectivity index (χ0) is 15.1. The Balaban J connectivity index is 1.74. The first-order chi connectivity index (χ1) is 10.2. The van der Waals surface area contributed by atoms with Crippen molar-refractivity contribution in [2.24, 2.45) is 11.8 Å².